The predicted molar refractivity (Wildman–Crippen MR) is 90.4 cm³/mol. The third-order valence-electron chi connectivity index (χ3n) is 5.31. The van der Waals surface area contributed by atoms with Crippen molar-refractivity contribution in [2.45, 2.75) is 62.5 Å². The Morgan fingerprint density at radius 2 is 1.57 bits per heavy atom. The average Bonchev–Trinajstić information content (AvgIpc) is 2.83. The van der Waals surface area contributed by atoms with Gasteiger partial charge in [-0.3, -0.25) is 0 Å². The quantitative estimate of drug-likeness (QED) is 0.833. The maximum Gasteiger partial charge on any atom is 0.216 e. The van der Waals surface area contributed by atoms with Crippen LogP contribution in [0.2, 0.25) is 0 Å². The number of hydrogen-bond acceptors (Lipinski definition) is 2. The van der Waals surface area contributed by atoms with Gasteiger partial charge in [-0.25, -0.2) is 17.1 Å². The minimum Gasteiger partial charge on any atom is -0.212 e. The average molecular weight is 339 g/mol. The first kappa shape index (κ1) is 16.9. The summed E-state index contributed by atoms with van der Waals surface area (Å²) in [6.45, 7) is 1.18. The van der Waals surface area contributed by atoms with Crippen LogP contribution in [-0.4, -0.2) is 31.1 Å². The van der Waals surface area contributed by atoms with Gasteiger partial charge < -0.3 is 0 Å². The lowest BCUT2D eigenvalue weighted by Gasteiger charge is -2.30. The number of rotatable bonds is 3. The van der Waals surface area contributed by atoms with Gasteiger partial charge in [0, 0.05) is 13.1 Å². The molecule has 0 aromatic heterocycles. The van der Waals surface area contributed by atoms with Crippen molar-refractivity contribution < 1.29 is 12.8 Å². The highest BCUT2D eigenvalue weighted by atomic mass is 32.2. The van der Waals surface area contributed by atoms with Gasteiger partial charge in [-0.15, -0.1) is 0 Å². The van der Waals surface area contributed by atoms with Crippen LogP contribution in [0.5, 0.6) is 0 Å². The molecule has 1 heterocycles. The van der Waals surface area contributed by atoms with E-state index in [-0.39, 0.29) is 17.0 Å². The number of sulfonamides is 1. The molecule has 1 aromatic carbocycles. The van der Waals surface area contributed by atoms with E-state index in [2.05, 4.69) is 0 Å². The zero-order valence-corrected chi connectivity index (χ0v) is 14.4. The highest BCUT2D eigenvalue weighted by Crippen LogP contribution is 2.32. The largest absolute Gasteiger partial charge is 0.216 e. The van der Waals surface area contributed by atoms with Crippen molar-refractivity contribution in [3.63, 3.8) is 0 Å². The van der Waals surface area contributed by atoms with Gasteiger partial charge in [0.2, 0.25) is 10.0 Å². The summed E-state index contributed by atoms with van der Waals surface area (Å²) in [5.41, 5.74) is 1.05. The predicted octanol–water partition coefficient (Wildman–Crippen LogP) is 4.06. The summed E-state index contributed by atoms with van der Waals surface area (Å²) in [5, 5.41) is -0.191. The first-order valence-electron chi connectivity index (χ1n) is 8.82. The second-order valence-corrected chi connectivity index (χ2v) is 9.12. The Bertz CT molecular complexity index is 608. The Morgan fingerprint density at radius 1 is 0.913 bits per heavy atom. The van der Waals surface area contributed by atoms with Crippen LogP contribution in [-0.2, 0) is 10.0 Å². The van der Waals surface area contributed by atoms with Crippen LogP contribution in [0, 0.1) is 5.82 Å². The van der Waals surface area contributed by atoms with E-state index in [0.29, 0.717) is 13.1 Å². The molecule has 1 saturated carbocycles. The molecule has 1 saturated heterocycles. The molecule has 2 fully saturated rings. The van der Waals surface area contributed by atoms with E-state index in [1.807, 2.05) is 0 Å². The van der Waals surface area contributed by atoms with Gasteiger partial charge in [0.15, 0.2) is 0 Å². The summed E-state index contributed by atoms with van der Waals surface area (Å²) in [5.74, 6) is -0.0643. The molecule has 0 N–H and O–H groups in total. The fourth-order valence-electron chi connectivity index (χ4n) is 3.92. The number of benzene rings is 1. The molecule has 1 aliphatic carbocycles. The fourth-order valence-corrected chi connectivity index (χ4v) is 6.04. The van der Waals surface area contributed by atoms with Crippen molar-refractivity contribution in [3.8, 4) is 0 Å². The molecule has 128 valence electrons. The van der Waals surface area contributed by atoms with Crippen LogP contribution in [0.4, 0.5) is 4.39 Å². The van der Waals surface area contributed by atoms with Gasteiger partial charge in [0.25, 0.3) is 0 Å². The minimum atomic E-state index is -3.20. The fraction of sp³-hybridized carbons (Fsp3) is 0.667. The van der Waals surface area contributed by atoms with Crippen LogP contribution in [0.15, 0.2) is 24.3 Å². The lowest BCUT2D eigenvalue weighted by Crippen LogP contribution is -2.41. The Hall–Kier alpha value is -0.940. The molecule has 0 radical (unpaired) electrons. The van der Waals surface area contributed by atoms with E-state index < -0.39 is 10.0 Å². The Kier molecular flexibility index (Phi) is 5.37. The highest BCUT2D eigenvalue weighted by molar-refractivity contribution is 7.89. The standard InChI is InChI=1S/C18H26FNO2S/c19-17-11-9-15(10-12-17)16-6-4-5-13-20(14-16)23(21,22)18-7-2-1-3-8-18/h9-12,16,18H,1-8,13-14H2. The van der Waals surface area contributed by atoms with Gasteiger partial charge in [-0.05, 0) is 49.3 Å². The Morgan fingerprint density at radius 3 is 2.26 bits per heavy atom. The molecular formula is C18H26FNO2S. The molecule has 5 heteroatoms. The van der Waals surface area contributed by atoms with Crippen LogP contribution < -0.4 is 0 Å². The number of nitrogens with zero attached hydrogens (tertiary/aromatic N) is 1. The topological polar surface area (TPSA) is 37.4 Å². The van der Waals surface area contributed by atoms with Crippen molar-refractivity contribution in [2.75, 3.05) is 13.1 Å². The molecule has 0 spiro atoms. The molecule has 23 heavy (non-hydrogen) atoms. The highest BCUT2D eigenvalue weighted by Gasteiger charge is 2.35. The van der Waals surface area contributed by atoms with Crippen LogP contribution >= 0.6 is 0 Å². The van der Waals surface area contributed by atoms with Crippen molar-refractivity contribution in [1.29, 1.82) is 0 Å². The first-order chi connectivity index (χ1) is 11.1. The van der Waals surface area contributed by atoms with Crippen LogP contribution in [0.3, 0.4) is 0 Å². The molecule has 1 atom stereocenters. The van der Waals surface area contributed by atoms with Crippen molar-refractivity contribution in [3.05, 3.63) is 35.6 Å². The third-order valence-corrected chi connectivity index (χ3v) is 7.67. The summed E-state index contributed by atoms with van der Waals surface area (Å²) < 4.78 is 40.8. The van der Waals surface area contributed by atoms with Gasteiger partial charge in [0.05, 0.1) is 5.25 Å². The molecule has 1 aliphatic heterocycles. The van der Waals surface area contributed by atoms with Crippen molar-refractivity contribution in [2.24, 2.45) is 0 Å². The van der Waals surface area contributed by atoms with Gasteiger partial charge in [0.1, 0.15) is 5.82 Å². The van der Waals surface area contributed by atoms with Crippen LogP contribution in [0.25, 0.3) is 0 Å². The lowest BCUT2D eigenvalue weighted by molar-refractivity contribution is 0.383. The van der Waals surface area contributed by atoms with E-state index in [1.165, 1.54) is 12.1 Å². The zero-order valence-electron chi connectivity index (χ0n) is 13.6. The summed E-state index contributed by atoms with van der Waals surface area (Å²) in [4.78, 5) is 0. The number of halogens is 1. The summed E-state index contributed by atoms with van der Waals surface area (Å²) in [6, 6.07) is 6.55. The van der Waals surface area contributed by atoms with E-state index in [1.54, 1.807) is 16.4 Å². The third kappa shape index (κ3) is 3.94. The van der Waals surface area contributed by atoms with Gasteiger partial charge >= 0.3 is 0 Å². The van der Waals surface area contributed by atoms with E-state index in [9.17, 15) is 12.8 Å². The van der Waals surface area contributed by atoms with Crippen molar-refractivity contribution in [1.82, 2.24) is 4.31 Å². The molecule has 1 unspecified atom stereocenters. The number of hydrogen-bond donors (Lipinski definition) is 0. The second-order valence-electron chi connectivity index (χ2n) is 6.91. The molecule has 0 amide bonds. The Balaban J connectivity index is 1.77. The van der Waals surface area contributed by atoms with Crippen LogP contribution in [0.1, 0.15) is 62.8 Å². The second kappa shape index (κ2) is 7.31. The zero-order chi connectivity index (χ0) is 16.3. The van der Waals surface area contributed by atoms with Crippen molar-refractivity contribution >= 4 is 10.0 Å². The van der Waals surface area contributed by atoms with E-state index in [4.69, 9.17) is 0 Å². The minimum absolute atomic E-state index is 0.177. The Labute approximate surface area is 138 Å². The maximum absolute atomic E-state index is 13.1. The molecule has 3 rings (SSSR count). The van der Waals surface area contributed by atoms with Gasteiger partial charge in [-0.1, -0.05) is 37.8 Å². The SMILES string of the molecule is O=S(=O)(C1CCCCC1)N1CCCCC(c2ccc(F)cc2)C1. The smallest absolute Gasteiger partial charge is 0.212 e. The molecule has 1 aromatic rings. The summed E-state index contributed by atoms with van der Waals surface area (Å²) in [7, 11) is -3.20. The first-order valence-corrected chi connectivity index (χ1v) is 10.3. The molecule has 2 aliphatic rings. The summed E-state index contributed by atoms with van der Waals surface area (Å²) in [6.07, 6.45) is 7.74. The van der Waals surface area contributed by atoms with Gasteiger partial charge in [-0.2, -0.15) is 0 Å². The monoisotopic (exact) mass is 339 g/mol. The summed E-state index contributed by atoms with van der Waals surface area (Å²) >= 11 is 0. The lowest BCUT2D eigenvalue weighted by atomic mass is 9.95. The maximum atomic E-state index is 13.1. The van der Waals surface area contributed by atoms with E-state index in [0.717, 1.165) is 56.9 Å². The molecule has 3 nitrogen and oxygen atoms in total. The van der Waals surface area contributed by atoms with E-state index >= 15 is 0 Å². The molecular weight excluding hydrogens is 313 g/mol. The molecule has 0 bridgehead atoms. The normalized spacial score (nSPS) is 25.2.